The Balaban J connectivity index is 2.05. The highest BCUT2D eigenvalue weighted by atomic mass is 19.4. The number of nitrogens with one attached hydrogen (secondary N) is 2. The first-order valence-electron chi connectivity index (χ1n) is 9.96. The number of alkyl halides is 3. The van der Waals surface area contributed by atoms with E-state index < -0.39 is 24.0 Å². The molecule has 1 saturated carbocycles. The fraction of sp³-hybridized carbons (Fsp3) is 0.789. The summed E-state index contributed by atoms with van der Waals surface area (Å²) in [4.78, 5) is 8.33. The second-order valence-corrected chi connectivity index (χ2v) is 7.65. The van der Waals surface area contributed by atoms with Gasteiger partial charge in [-0.3, -0.25) is 4.99 Å². The summed E-state index contributed by atoms with van der Waals surface area (Å²) in [6.07, 6.45) is 2.96. The summed E-state index contributed by atoms with van der Waals surface area (Å²) in [7, 11) is 1.43. The lowest BCUT2D eigenvalue weighted by Crippen LogP contribution is -2.48. The Labute approximate surface area is 164 Å². The summed E-state index contributed by atoms with van der Waals surface area (Å²) >= 11 is 0. The summed E-state index contributed by atoms with van der Waals surface area (Å²) in [5.41, 5.74) is -2.83. The first kappa shape index (κ1) is 22.5. The van der Waals surface area contributed by atoms with Gasteiger partial charge in [-0.2, -0.15) is 13.2 Å². The van der Waals surface area contributed by atoms with Gasteiger partial charge in [0, 0.05) is 45.5 Å². The number of nitrogens with zero attached hydrogens (tertiary/aromatic N) is 3. The molecule has 9 heteroatoms. The Morgan fingerprint density at radius 1 is 1.29 bits per heavy atom. The molecule has 1 aliphatic rings. The number of hydrogen-bond donors (Lipinski definition) is 3. The number of imidazole rings is 1. The molecule has 1 aliphatic carbocycles. The van der Waals surface area contributed by atoms with Gasteiger partial charge in [0.1, 0.15) is 5.82 Å². The molecule has 160 valence electrons. The first-order chi connectivity index (χ1) is 13.2. The van der Waals surface area contributed by atoms with Gasteiger partial charge in [-0.05, 0) is 31.6 Å². The molecule has 0 bridgehead atoms. The van der Waals surface area contributed by atoms with Crippen LogP contribution in [0.25, 0.3) is 0 Å². The minimum Gasteiger partial charge on any atom is -0.374 e. The quantitative estimate of drug-likeness (QED) is 0.461. The van der Waals surface area contributed by atoms with E-state index in [1.807, 2.05) is 6.92 Å². The third kappa shape index (κ3) is 4.98. The van der Waals surface area contributed by atoms with E-state index >= 15 is 0 Å². The zero-order valence-electron chi connectivity index (χ0n) is 16.9. The molecule has 1 fully saturated rings. The number of aliphatic hydroxyl groups is 1. The largest absolute Gasteiger partial charge is 0.424 e. The van der Waals surface area contributed by atoms with Crippen LogP contribution in [-0.4, -0.2) is 46.4 Å². The molecular weight excluding hydrogens is 371 g/mol. The molecule has 28 heavy (non-hydrogen) atoms. The molecule has 3 N–H and O–H groups in total. The van der Waals surface area contributed by atoms with Gasteiger partial charge >= 0.3 is 6.18 Å². The lowest BCUT2D eigenvalue weighted by molar-refractivity contribution is -0.272. The van der Waals surface area contributed by atoms with Gasteiger partial charge in [0.15, 0.2) is 5.96 Å². The van der Waals surface area contributed by atoms with Crippen molar-refractivity contribution in [3.63, 3.8) is 0 Å². The molecule has 0 aromatic carbocycles. The summed E-state index contributed by atoms with van der Waals surface area (Å²) in [6, 6.07) is 0. The van der Waals surface area contributed by atoms with E-state index in [0.29, 0.717) is 19.0 Å². The summed E-state index contributed by atoms with van der Waals surface area (Å²) < 4.78 is 42.0. The van der Waals surface area contributed by atoms with E-state index in [9.17, 15) is 18.3 Å². The van der Waals surface area contributed by atoms with Crippen LogP contribution in [0.5, 0.6) is 0 Å². The van der Waals surface area contributed by atoms with Crippen LogP contribution in [0.15, 0.2) is 17.4 Å². The third-order valence-electron chi connectivity index (χ3n) is 5.77. The van der Waals surface area contributed by atoms with Crippen LogP contribution in [0.3, 0.4) is 0 Å². The molecular formula is C19H32F3N5O. The molecule has 1 aromatic rings. The minimum absolute atomic E-state index is 0.0895. The number of guanidine groups is 1. The van der Waals surface area contributed by atoms with Crippen molar-refractivity contribution in [1.82, 2.24) is 20.2 Å². The van der Waals surface area contributed by atoms with Crippen LogP contribution in [-0.2, 0) is 12.6 Å². The van der Waals surface area contributed by atoms with Gasteiger partial charge in [0.25, 0.3) is 0 Å². The van der Waals surface area contributed by atoms with E-state index in [0.717, 1.165) is 19.3 Å². The van der Waals surface area contributed by atoms with E-state index in [1.54, 1.807) is 0 Å². The molecule has 1 atom stereocenters. The van der Waals surface area contributed by atoms with E-state index in [2.05, 4.69) is 27.5 Å². The summed E-state index contributed by atoms with van der Waals surface area (Å²) in [5, 5.41) is 16.4. The van der Waals surface area contributed by atoms with Crippen molar-refractivity contribution in [2.45, 2.75) is 64.1 Å². The van der Waals surface area contributed by atoms with Crippen molar-refractivity contribution in [3.05, 3.63) is 18.2 Å². The zero-order valence-corrected chi connectivity index (χ0v) is 16.9. The van der Waals surface area contributed by atoms with Gasteiger partial charge in [-0.15, -0.1) is 0 Å². The van der Waals surface area contributed by atoms with Gasteiger partial charge in [0.2, 0.25) is 5.60 Å². The molecule has 1 heterocycles. The fourth-order valence-electron chi connectivity index (χ4n) is 3.84. The standard InChI is InChI=1S/C19H32F3N5O/c1-4-17(8-6-7-9-17)14-26-16(23-5-2)25-11-10-18(28,19(20,21)22)15-24-12-13-27(15)3/h12-13,28H,4-11,14H2,1-3H3,(H2,23,25,26). The monoisotopic (exact) mass is 403 g/mol. The first-order valence-corrected chi connectivity index (χ1v) is 9.96. The molecule has 1 unspecified atom stereocenters. The molecule has 0 spiro atoms. The number of aromatic nitrogens is 2. The van der Waals surface area contributed by atoms with Gasteiger partial charge in [-0.25, -0.2) is 4.98 Å². The van der Waals surface area contributed by atoms with Crippen molar-refractivity contribution in [2.75, 3.05) is 19.6 Å². The van der Waals surface area contributed by atoms with E-state index in [-0.39, 0.29) is 12.0 Å². The number of aliphatic imine (C=N–C) groups is 1. The van der Waals surface area contributed by atoms with Crippen molar-refractivity contribution < 1.29 is 18.3 Å². The van der Waals surface area contributed by atoms with Crippen LogP contribution >= 0.6 is 0 Å². The normalized spacial score (nSPS) is 19.5. The maximum atomic E-state index is 13.6. The number of aryl methyl sites for hydroxylation is 1. The number of halogens is 3. The van der Waals surface area contributed by atoms with Crippen molar-refractivity contribution in [3.8, 4) is 0 Å². The Hall–Kier alpha value is -1.77. The van der Waals surface area contributed by atoms with Crippen molar-refractivity contribution in [2.24, 2.45) is 17.5 Å². The highest BCUT2D eigenvalue weighted by Crippen LogP contribution is 2.41. The van der Waals surface area contributed by atoms with Gasteiger partial charge in [-0.1, -0.05) is 19.8 Å². The lowest BCUT2D eigenvalue weighted by Gasteiger charge is -2.30. The summed E-state index contributed by atoms with van der Waals surface area (Å²) in [5.74, 6) is 0.0613. The maximum absolute atomic E-state index is 13.6. The molecule has 2 rings (SSSR count). The lowest BCUT2D eigenvalue weighted by atomic mass is 9.84. The Kier molecular flexibility index (Phi) is 7.36. The zero-order chi connectivity index (χ0) is 20.8. The molecule has 0 amide bonds. The Bertz CT molecular complexity index is 652. The highest BCUT2D eigenvalue weighted by Gasteiger charge is 2.57. The number of hydrogen-bond acceptors (Lipinski definition) is 3. The highest BCUT2D eigenvalue weighted by molar-refractivity contribution is 5.79. The molecule has 0 radical (unpaired) electrons. The van der Waals surface area contributed by atoms with Crippen molar-refractivity contribution >= 4 is 5.96 Å². The average Bonchev–Trinajstić information content (AvgIpc) is 3.28. The van der Waals surface area contributed by atoms with Gasteiger partial charge < -0.3 is 20.3 Å². The third-order valence-corrected chi connectivity index (χ3v) is 5.77. The summed E-state index contributed by atoms with van der Waals surface area (Å²) in [6.45, 7) is 5.24. The molecule has 6 nitrogen and oxygen atoms in total. The Morgan fingerprint density at radius 2 is 1.96 bits per heavy atom. The van der Waals surface area contributed by atoms with Crippen LogP contribution in [0, 0.1) is 5.41 Å². The second kappa shape index (κ2) is 9.15. The predicted molar refractivity (Wildman–Crippen MR) is 103 cm³/mol. The Morgan fingerprint density at radius 3 is 2.46 bits per heavy atom. The average molecular weight is 403 g/mol. The maximum Gasteiger partial charge on any atom is 0.424 e. The van der Waals surface area contributed by atoms with Crippen LogP contribution in [0.4, 0.5) is 13.2 Å². The SMILES string of the molecule is CCNC(=NCC1(CC)CCCC1)NCCC(O)(c1nccn1C)C(F)(F)F. The second-order valence-electron chi connectivity index (χ2n) is 7.65. The van der Waals surface area contributed by atoms with Crippen LogP contribution in [0.1, 0.15) is 58.2 Å². The van der Waals surface area contributed by atoms with Crippen molar-refractivity contribution in [1.29, 1.82) is 0 Å². The fourth-order valence-corrected chi connectivity index (χ4v) is 3.84. The number of rotatable bonds is 8. The molecule has 1 aromatic heterocycles. The van der Waals surface area contributed by atoms with Gasteiger partial charge in [0.05, 0.1) is 0 Å². The molecule has 0 saturated heterocycles. The predicted octanol–water partition coefficient (Wildman–Crippen LogP) is 3.09. The van der Waals surface area contributed by atoms with Crippen LogP contribution in [0.2, 0.25) is 0 Å². The van der Waals surface area contributed by atoms with E-state index in [1.165, 1.54) is 36.9 Å². The van der Waals surface area contributed by atoms with E-state index in [4.69, 9.17) is 0 Å². The smallest absolute Gasteiger partial charge is 0.374 e. The van der Waals surface area contributed by atoms with Crippen LogP contribution < -0.4 is 10.6 Å². The molecule has 0 aliphatic heterocycles. The minimum atomic E-state index is -4.83. The topological polar surface area (TPSA) is 74.5 Å².